The van der Waals surface area contributed by atoms with Crippen molar-refractivity contribution in [3.8, 4) is 0 Å². The Kier molecular flexibility index (Phi) is 6.12. The van der Waals surface area contributed by atoms with E-state index >= 15 is 0 Å². The van der Waals surface area contributed by atoms with E-state index in [1.165, 1.54) is 31.4 Å². The Morgan fingerprint density at radius 2 is 1.59 bits per heavy atom. The van der Waals surface area contributed by atoms with Gasteiger partial charge < -0.3 is 5.73 Å². The molecule has 0 aliphatic heterocycles. The lowest BCUT2D eigenvalue weighted by Gasteiger charge is -2.12. The Morgan fingerprint density at radius 1 is 1.00 bits per heavy atom. The molecule has 0 saturated heterocycles. The van der Waals surface area contributed by atoms with Gasteiger partial charge in [0.2, 0.25) is 0 Å². The molecule has 0 radical (unpaired) electrons. The van der Waals surface area contributed by atoms with Gasteiger partial charge in [-0.15, -0.1) is 0 Å². The molecule has 1 aromatic carbocycles. The number of halogens is 2. The number of nitrogens with two attached hydrogens (primary N) is 1. The molecule has 0 aliphatic rings. The number of hydrogen-bond donors (Lipinski definition) is 1. The smallest absolute Gasteiger partial charge is 0.126 e. The normalized spacial score (nSPS) is 12.7. The maximum atomic E-state index is 13.0. The quantitative estimate of drug-likeness (QED) is 0.707. The highest BCUT2D eigenvalue weighted by atomic mass is 19.1. The van der Waals surface area contributed by atoms with E-state index in [0.717, 1.165) is 25.3 Å². The number of benzene rings is 1. The van der Waals surface area contributed by atoms with E-state index in [0.29, 0.717) is 5.56 Å². The number of rotatable bonds is 7. The summed E-state index contributed by atoms with van der Waals surface area (Å²) in [5.74, 6) is -1.11. The Bertz CT molecular complexity index is 319. The van der Waals surface area contributed by atoms with Crippen LogP contribution in [0.4, 0.5) is 8.78 Å². The van der Waals surface area contributed by atoms with Gasteiger partial charge in [-0.2, -0.15) is 0 Å². The van der Waals surface area contributed by atoms with Gasteiger partial charge in [0.1, 0.15) is 11.6 Å². The topological polar surface area (TPSA) is 26.0 Å². The van der Waals surface area contributed by atoms with Crippen LogP contribution in [0.25, 0.3) is 0 Å². The summed E-state index contributed by atoms with van der Waals surface area (Å²) >= 11 is 0. The average molecular weight is 241 g/mol. The molecule has 0 spiro atoms. The highest BCUT2D eigenvalue weighted by Crippen LogP contribution is 2.20. The minimum Gasteiger partial charge on any atom is -0.324 e. The van der Waals surface area contributed by atoms with Crippen molar-refractivity contribution in [3.63, 3.8) is 0 Å². The molecule has 0 amide bonds. The monoisotopic (exact) mass is 241 g/mol. The largest absolute Gasteiger partial charge is 0.324 e. The van der Waals surface area contributed by atoms with Crippen molar-refractivity contribution < 1.29 is 8.78 Å². The van der Waals surface area contributed by atoms with Crippen LogP contribution in [0.1, 0.15) is 57.1 Å². The number of hydrogen-bond acceptors (Lipinski definition) is 1. The third-order valence-electron chi connectivity index (χ3n) is 2.93. The Hall–Kier alpha value is -0.960. The van der Waals surface area contributed by atoms with Crippen molar-refractivity contribution in [2.45, 2.75) is 51.5 Å². The van der Waals surface area contributed by atoms with Gasteiger partial charge in [0.25, 0.3) is 0 Å². The molecule has 0 heterocycles. The first-order valence-electron chi connectivity index (χ1n) is 6.35. The van der Waals surface area contributed by atoms with Gasteiger partial charge in [-0.3, -0.25) is 0 Å². The minimum atomic E-state index is -0.554. The zero-order valence-corrected chi connectivity index (χ0v) is 10.4. The molecule has 0 fully saturated rings. The molecule has 1 aromatic rings. The van der Waals surface area contributed by atoms with Crippen molar-refractivity contribution in [2.24, 2.45) is 5.73 Å². The van der Waals surface area contributed by atoms with Gasteiger partial charge in [-0.1, -0.05) is 39.0 Å². The van der Waals surface area contributed by atoms with E-state index in [9.17, 15) is 8.78 Å². The van der Waals surface area contributed by atoms with Crippen molar-refractivity contribution in [3.05, 3.63) is 35.4 Å². The summed E-state index contributed by atoms with van der Waals surface area (Å²) < 4.78 is 26.0. The van der Waals surface area contributed by atoms with Crippen LogP contribution in [0.5, 0.6) is 0 Å². The van der Waals surface area contributed by atoms with Gasteiger partial charge in [0.15, 0.2) is 0 Å². The molecule has 1 nitrogen and oxygen atoms in total. The SMILES string of the molecule is CCCCCCCC(N)c1cc(F)cc(F)c1. The maximum Gasteiger partial charge on any atom is 0.126 e. The Labute approximate surface area is 102 Å². The maximum absolute atomic E-state index is 13.0. The molecular formula is C14H21F2N. The van der Waals surface area contributed by atoms with Crippen LogP contribution < -0.4 is 5.73 Å². The molecule has 1 rings (SSSR count). The van der Waals surface area contributed by atoms with E-state index in [2.05, 4.69) is 6.92 Å². The van der Waals surface area contributed by atoms with Crippen molar-refractivity contribution in [1.82, 2.24) is 0 Å². The summed E-state index contributed by atoms with van der Waals surface area (Å²) in [6.07, 6.45) is 6.59. The van der Waals surface area contributed by atoms with Crippen LogP contribution in [0, 0.1) is 11.6 Å². The lowest BCUT2D eigenvalue weighted by Crippen LogP contribution is -2.10. The molecule has 0 bridgehead atoms. The first-order chi connectivity index (χ1) is 8.13. The molecule has 0 aliphatic carbocycles. The van der Waals surface area contributed by atoms with Crippen molar-refractivity contribution in [1.29, 1.82) is 0 Å². The van der Waals surface area contributed by atoms with E-state index in [4.69, 9.17) is 5.73 Å². The van der Waals surface area contributed by atoms with Gasteiger partial charge in [-0.05, 0) is 24.1 Å². The molecule has 17 heavy (non-hydrogen) atoms. The lowest BCUT2D eigenvalue weighted by atomic mass is 10.0. The van der Waals surface area contributed by atoms with Gasteiger partial charge >= 0.3 is 0 Å². The molecule has 0 aromatic heterocycles. The van der Waals surface area contributed by atoms with Crippen LogP contribution in [-0.4, -0.2) is 0 Å². The second kappa shape index (κ2) is 7.38. The zero-order valence-electron chi connectivity index (χ0n) is 10.4. The minimum absolute atomic E-state index is 0.262. The first kappa shape index (κ1) is 14.1. The van der Waals surface area contributed by atoms with Crippen LogP contribution in [0.3, 0.4) is 0 Å². The second-order valence-corrected chi connectivity index (χ2v) is 4.51. The van der Waals surface area contributed by atoms with E-state index < -0.39 is 11.6 Å². The van der Waals surface area contributed by atoms with Gasteiger partial charge in [0, 0.05) is 12.1 Å². The van der Waals surface area contributed by atoms with Crippen molar-refractivity contribution in [2.75, 3.05) is 0 Å². The Morgan fingerprint density at radius 3 is 2.18 bits per heavy atom. The van der Waals surface area contributed by atoms with Crippen LogP contribution in [0.2, 0.25) is 0 Å². The third kappa shape index (κ3) is 5.26. The zero-order chi connectivity index (χ0) is 12.7. The van der Waals surface area contributed by atoms with Gasteiger partial charge in [0.05, 0.1) is 0 Å². The average Bonchev–Trinajstić information content (AvgIpc) is 2.27. The van der Waals surface area contributed by atoms with Crippen LogP contribution in [0.15, 0.2) is 18.2 Å². The highest BCUT2D eigenvalue weighted by Gasteiger charge is 2.08. The third-order valence-corrected chi connectivity index (χ3v) is 2.93. The molecule has 1 atom stereocenters. The lowest BCUT2D eigenvalue weighted by molar-refractivity contribution is 0.540. The fourth-order valence-electron chi connectivity index (χ4n) is 1.92. The summed E-state index contributed by atoms with van der Waals surface area (Å²) in [6, 6.07) is 3.25. The molecule has 3 heteroatoms. The molecule has 0 saturated carbocycles. The summed E-state index contributed by atoms with van der Waals surface area (Å²) in [5.41, 5.74) is 6.47. The Balaban J connectivity index is 2.38. The fourth-order valence-corrected chi connectivity index (χ4v) is 1.92. The molecular weight excluding hydrogens is 220 g/mol. The predicted octanol–water partition coefficient (Wildman–Crippen LogP) is 4.33. The molecule has 2 N–H and O–H groups in total. The van der Waals surface area contributed by atoms with E-state index in [1.807, 2.05) is 0 Å². The van der Waals surface area contributed by atoms with Crippen LogP contribution >= 0.6 is 0 Å². The highest BCUT2D eigenvalue weighted by molar-refractivity contribution is 5.20. The summed E-state index contributed by atoms with van der Waals surface area (Å²) in [5, 5.41) is 0. The summed E-state index contributed by atoms with van der Waals surface area (Å²) in [7, 11) is 0. The molecule has 96 valence electrons. The predicted molar refractivity (Wildman–Crippen MR) is 66.7 cm³/mol. The van der Waals surface area contributed by atoms with E-state index in [1.54, 1.807) is 0 Å². The second-order valence-electron chi connectivity index (χ2n) is 4.51. The summed E-state index contributed by atoms with van der Waals surface area (Å²) in [4.78, 5) is 0. The van der Waals surface area contributed by atoms with E-state index in [-0.39, 0.29) is 6.04 Å². The summed E-state index contributed by atoms with van der Waals surface area (Å²) in [6.45, 7) is 2.17. The number of unbranched alkanes of at least 4 members (excludes halogenated alkanes) is 4. The fraction of sp³-hybridized carbons (Fsp3) is 0.571. The van der Waals surface area contributed by atoms with Crippen LogP contribution in [-0.2, 0) is 0 Å². The standard InChI is InChI=1S/C14H21F2N/c1-2-3-4-5-6-7-14(17)11-8-12(15)10-13(16)9-11/h8-10,14H,2-7,17H2,1H3. The van der Waals surface area contributed by atoms with Crippen molar-refractivity contribution >= 4 is 0 Å². The molecule has 1 unspecified atom stereocenters. The first-order valence-corrected chi connectivity index (χ1v) is 6.35. The van der Waals surface area contributed by atoms with Gasteiger partial charge in [-0.25, -0.2) is 8.78 Å².